The van der Waals surface area contributed by atoms with E-state index in [0.29, 0.717) is 23.7 Å². The first kappa shape index (κ1) is 23.0. The van der Waals surface area contributed by atoms with Crippen LogP contribution in [0.1, 0.15) is 12.8 Å². The van der Waals surface area contributed by atoms with Crippen LogP contribution in [-0.4, -0.2) is 75.0 Å². The van der Waals surface area contributed by atoms with E-state index in [1.165, 1.54) is 6.07 Å². The summed E-state index contributed by atoms with van der Waals surface area (Å²) >= 11 is 0. The molecule has 2 aliphatic rings. The Balaban J connectivity index is 1.15. The SMILES string of the molecule is O=S(=O)(c1ccc2nc(NCCN3CCN(c4ccccc4F)CC3)ccc2c1)N1CCCC1. The molecule has 3 aromatic rings. The van der Waals surface area contributed by atoms with Gasteiger partial charge in [0.15, 0.2) is 0 Å². The molecule has 0 saturated carbocycles. The Morgan fingerprint density at radius 3 is 2.44 bits per heavy atom. The molecule has 0 atom stereocenters. The number of hydrogen-bond acceptors (Lipinski definition) is 6. The fourth-order valence-electron chi connectivity index (χ4n) is 4.70. The average Bonchev–Trinajstić information content (AvgIpc) is 3.41. The van der Waals surface area contributed by atoms with Crippen LogP contribution in [0.25, 0.3) is 10.9 Å². The van der Waals surface area contributed by atoms with Gasteiger partial charge in [-0.2, -0.15) is 4.31 Å². The van der Waals surface area contributed by atoms with Gasteiger partial charge in [-0.15, -0.1) is 0 Å². The molecule has 9 heteroatoms. The maximum Gasteiger partial charge on any atom is 0.243 e. The van der Waals surface area contributed by atoms with E-state index in [4.69, 9.17) is 0 Å². The molecule has 0 radical (unpaired) electrons. The van der Waals surface area contributed by atoms with E-state index < -0.39 is 10.0 Å². The van der Waals surface area contributed by atoms with Crippen molar-refractivity contribution in [3.63, 3.8) is 0 Å². The Morgan fingerprint density at radius 2 is 1.68 bits per heavy atom. The van der Waals surface area contributed by atoms with Crippen molar-refractivity contribution in [2.45, 2.75) is 17.7 Å². The van der Waals surface area contributed by atoms with Gasteiger partial charge in [0.1, 0.15) is 11.6 Å². The summed E-state index contributed by atoms with van der Waals surface area (Å²) in [6.07, 6.45) is 1.84. The van der Waals surface area contributed by atoms with Crippen LogP contribution in [0.3, 0.4) is 0 Å². The standard InChI is InChI=1S/C25H30FN5O2S/c26-22-5-1-2-6-24(22)30-17-15-29(16-18-30)14-11-27-25-10-7-20-19-21(8-9-23(20)28-25)34(32,33)31-12-3-4-13-31/h1-2,5-10,19H,3-4,11-18H2,(H,27,28). The van der Waals surface area contributed by atoms with E-state index in [2.05, 4.69) is 20.1 Å². The largest absolute Gasteiger partial charge is 0.369 e. The molecule has 2 aliphatic heterocycles. The molecule has 0 unspecified atom stereocenters. The van der Waals surface area contributed by atoms with Crippen LogP contribution in [0.4, 0.5) is 15.9 Å². The first-order chi connectivity index (χ1) is 16.5. The summed E-state index contributed by atoms with van der Waals surface area (Å²) in [4.78, 5) is 9.45. The lowest BCUT2D eigenvalue weighted by molar-refractivity contribution is 0.266. The second kappa shape index (κ2) is 9.85. The van der Waals surface area contributed by atoms with E-state index in [9.17, 15) is 12.8 Å². The summed E-state index contributed by atoms with van der Waals surface area (Å²) in [5, 5.41) is 4.19. The molecule has 3 heterocycles. The molecular formula is C25H30FN5O2S. The summed E-state index contributed by atoms with van der Waals surface area (Å²) in [7, 11) is -3.43. The molecule has 7 nitrogen and oxygen atoms in total. The number of sulfonamides is 1. The average molecular weight is 484 g/mol. The van der Waals surface area contributed by atoms with E-state index in [1.807, 2.05) is 24.3 Å². The van der Waals surface area contributed by atoms with Crippen molar-refractivity contribution in [3.05, 3.63) is 60.4 Å². The third kappa shape index (κ3) is 4.87. The van der Waals surface area contributed by atoms with Gasteiger partial charge in [0.25, 0.3) is 0 Å². The number of rotatable bonds is 7. The number of benzene rings is 2. The predicted octanol–water partition coefficient (Wildman–Crippen LogP) is 3.39. The van der Waals surface area contributed by atoms with Crippen molar-refractivity contribution in [3.8, 4) is 0 Å². The maximum atomic E-state index is 14.0. The Morgan fingerprint density at radius 1 is 0.912 bits per heavy atom. The van der Waals surface area contributed by atoms with Crippen molar-refractivity contribution < 1.29 is 12.8 Å². The number of nitrogens with one attached hydrogen (secondary N) is 1. The van der Waals surface area contributed by atoms with E-state index >= 15 is 0 Å². The Bertz CT molecular complexity index is 1260. The van der Waals surface area contributed by atoms with Gasteiger partial charge in [-0.1, -0.05) is 12.1 Å². The van der Waals surface area contributed by atoms with E-state index in [0.717, 1.165) is 68.8 Å². The zero-order chi connectivity index (χ0) is 23.5. The van der Waals surface area contributed by atoms with Crippen molar-refractivity contribution in [1.29, 1.82) is 0 Å². The smallest absolute Gasteiger partial charge is 0.243 e. The predicted molar refractivity (Wildman–Crippen MR) is 133 cm³/mol. The highest BCUT2D eigenvalue weighted by atomic mass is 32.2. The number of hydrogen-bond donors (Lipinski definition) is 1. The van der Waals surface area contributed by atoms with Crippen LogP contribution < -0.4 is 10.2 Å². The third-order valence-electron chi connectivity index (χ3n) is 6.66. The molecule has 1 aromatic heterocycles. The molecule has 0 spiro atoms. The number of para-hydroxylation sites is 1. The lowest BCUT2D eigenvalue weighted by atomic mass is 10.2. The van der Waals surface area contributed by atoms with Gasteiger partial charge in [-0.3, -0.25) is 4.90 Å². The van der Waals surface area contributed by atoms with Gasteiger partial charge in [-0.05, 0) is 55.3 Å². The Labute approximate surface area is 200 Å². The van der Waals surface area contributed by atoms with Crippen molar-refractivity contribution in [1.82, 2.24) is 14.2 Å². The summed E-state index contributed by atoms with van der Waals surface area (Å²) in [6.45, 7) is 6.19. The Hall–Kier alpha value is -2.75. The van der Waals surface area contributed by atoms with Crippen molar-refractivity contribution >= 4 is 32.4 Å². The van der Waals surface area contributed by atoms with Crippen LogP contribution >= 0.6 is 0 Å². The number of halogens is 1. The van der Waals surface area contributed by atoms with Crippen LogP contribution in [-0.2, 0) is 10.0 Å². The molecular weight excluding hydrogens is 453 g/mol. The van der Waals surface area contributed by atoms with Gasteiger partial charge in [0, 0.05) is 57.7 Å². The van der Waals surface area contributed by atoms with Crippen LogP contribution in [0.5, 0.6) is 0 Å². The molecule has 0 aliphatic carbocycles. The zero-order valence-electron chi connectivity index (χ0n) is 19.2. The van der Waals surface area contributed by atoms with Gasteiger partial charge in [0.2, 0.25) is 10.0 Å². The highest BCUT2D eigenvalue weighted by molar-refractivity contribution is 7.89. The van der Waals surface area contributed by atoms with Crippen LogP contribution in [0.15, 0.2) is 59.5 Å². The second-order valence-corrected chi connectivity index (χ2v) is 10.8. The number of piperazine rings is 1. The van der Waals surface area contributed by atoms with E-state index in [-0.39, 0.29) is 5.82 Å². The summed E-state index contributed by atoms with van der Waals surface area (Å²) in [5.74, 6) is 0.605. The minimum Gasteiger partial charge on any atom is -0.369 e. The summed E-state index contributed by atoms with van der Waals surface area (Å²) < 4.78 is 41.2. The number of nitrogens with zero attached hydrogens (tertiary/aromatic N) is 4. The molecule has 1 N–H and O–H groups in total. The zero-order valence-corrected chi connectivity index (χ0v) is 20.0. The lowest BCUT2D eigenvalue weighted by Gasteiger charge is -2.36. The van der Waals surface area contributed by atoms with Crippen LogP contribution in [0, 0.1) is 5.82 Å². The molecule has 2 saturated heterocycles. The number of fused-ring (bicyclic) bond motifs is 1. The quantitative estimate of drug-likeness (QED) is 0.556. The lowest BCUT2D eigenvalue weighted by Crippen LogP contribution is -2.47. The summed E-state index contributed by atoms with van der Waals surface area (Å²) in [6, 6.07) is 15.9. The van der Waals surface area contributed by atoms with E-state index in [1.54, 1.807) is 28.6 Å². The minimum atomic E-state index is -3.43. The maximum absolute atomic E-state index is 14.0. The van der Waals surface area contributed by atoms with Crippen LogP contribution in [0.2, 0.25) is 0 Å². The fraction of sp³-hybridized carbons (Fsp3) is 0.400. The first-order valence-corrected chi connectivity index (χ1v) is 13.3. The third-order valence-corrected chi connectivity index (χ3v) is 8.56. The summed E-state index contributed by atoms with van der Waals surface area (Å²) in [5.41, 5.74) is 1.45. The van der Waals surface area contributed by atoms with Gasteiger partial charge in [0.05, 0.1) is 16.1 Å². The van der Waals surface area contributed by atoms with Gasteiger partial charge in [-0.25, -0.2) is 17.8 Å². The molecule has 2 aromatic carbocycles. The number of aromatic nitrogens is 1. The van der Waals surface area contributed by atoms with Gasteiger partial charge >= 0.3 is 0 Å². The molecule has 180 valence electrons. The molecule has 34 heavy (non-hydrogen) atoms. The first-order valence-electron chi connectivity index (χ1n) is 11.9. The van der Waals surface area contributed by atoms with Crippen molar-refractivity contribution in [2.24, 2.45) is 0 Å². The van der Waals surface area contributed by atoms with Gasteiger partial charge < -0.3 is 10.2 Å². The monoisotopic (exact) mass is 483 g/mol. The molecule has 2 fully saturated rings. The second-order valence-electron chi connectivity index (χ2n) is 8.87. The minimum absolute atomic E-state index is 0.166. The topological polar surface area (TPSA) is 68.8 Å². The molecule has 5 rings (SSSR count). The highest BCUT2D eigenvalue weighted by Crippen LogP contribution is 2.25. The Kier molecular flexibility index (Phi) is 6.67. The molecule has 0 bridgehead atoms. The highest BCUT2D eigenvalue weighted by Gasteiger charge is 2.27. The number of pyridine rings is 1. The number of anilines is 2. The van der Waals surface area contributed by atoms with Crippen molar-refractivity contribution in [2.75, 3.05) is 62.6 Å². The normalized spacial score (nSPS) is 18.0. The fourth-order valence-corrected chi connectivity index (χ4v) is 6.26. The molecule has 0 amide bonds.